The molecule has 1 rings (SSSR count). The molecule has 0 aromatic carbocycles. The average Bonchev–Trinajstić information content (AvgIpc) is 2.20. The fourth-order valence-electron chi connectivity index (χ4n) is 0.761. The molecule has 1 aromatic rings. The number of alkyl halides is 5. The molecule has 0 atom stereocenters. The largest absolute Gasteiger partial charge is 0.558 e. The van der Waals surface area contributed by atoms with Gasteiger partial charge in [0.05, 0.1) is 0 Å². The van der Waals surface area contributed by atoms with E-state index in [0.717, 1.165) is 0 Å². The van der Waals surface area contributed by atoms with Gasteiger partial charge in [-0.05, 0) is 12.5 Å². The van der Waals surface area contributed by atoms with E-state index >= 15 is 0 Å². The minimum absolute atomic E-state index is 1.31. The Morgan fingerprint density at radius 2 is 1.32 bits per heavy atom. The first-order valence-corrected chi connectivity index (χ1v) is 4.85. The van der Waals surface area contributed by atoms with Crippen LogP contribution in [0.5, 0.6) is 0 Å². The van der Waals surface area contributed by atoms with Gasteiger partial charge in [-0.3, -0.25) is 0 Å². The van der Waals surface area contributed by atoms with E-state index < -0.39 is 19.0 Å². The van der Waals surface area contributed by atoms with Gasteiger partial charge in [-0.2, -0.15) is 13.2 Å². The van der Waals surface area contributed by atoms with Gasteiger partial charge in [0.25, 0.3) is 0 Å². The molecule has 0 aliphatic carbocycles. The van der Waals surface area contributed by atoms with Crippen molar-refractivity contribution in [3.63, 3.8) is 0 Å². The number of pyridine rings is 1. The Hall–Kier alpha value is -1.35. The zero-order valence-corrected chi connectivity index (χ0v) is 9.86. The molecule has 0 saturated carbocycles. The third kappa shape index (κ3) is 5.03. The lowest BCUT2D eigenvalue weighted by molar-refractivity contribution is -0.671. The molecular weight excluding hydrogens is 285 g/mol. The second kappa shape index (κ2) is 5.75. The molecule has 10 heteroatoms. The summed E-state index contributed by atoms with van der Waals surface area (Å²) in [6.45, 7) is -5.12. The van der Waals surface area contributed by atoms with Crippen LogP contribution in [0.15, 0.2) is 24.5 Å². The van der Waals surface area contributed by atoms with Crippen LogP contribution < -0.4 is 4.57 Å². The number of halogens is 8. The van der Waals surface area contributed by atoms with Crippen molar-refractivity contribution in [2.45, 2.75) is 18.9 Å². The van der Waals surface area contributed by atoms with Gasteiger partial charge in [0.2, 0.25) is 0 Å². The summed E-state index contributed by atoms with van der Waals surface area (Å²) in [6.07, 6.45) is -2.48. The van der Waals surface area contributed by atoms with Crippen molar-refractivity contribution in [1.82, 2.24) is 0 Å². The molecule has 110 valence electrons. The summed E-state index contributed by atoms with van der Waals surface area (Å²) in [6, 6.07) is 4.17. The first-order valence-electron chi connectivity index (χ1n) is 4.85. The Balaban J connectivity index is 0.000000356. The quantitative estimate of drug-likeness (QED) is 0.425. The highest BCUT2D eigenvalue weighted by Gasteiger charge is 2.69. The van der Waals surface area contributed by atoms with Crippen molar-refractivity contribution in [2.24, 2.45) is 7.05 Å². The monoisotopic (exact) mass is 295 g/mol. The van der Waals surface area contributed by atoms with Crippen molar-refractivity contribution in [3.8, 4) is 0 Å². The van der Waals surface area contributed by atoms with E-state index in [4.69, 9.17) is 0 Å². The van der Waals surface area contributed by atoms with Crippen LogP contribution in [0.25, 0.3) is 0 Å². The number of aryl methyl sites for hydroxylation is 2. The Labute approximate surface area is 103 Å². The molecule has 0 saturated heterocycles. The molecule has 19 heavy (non-hydrogen) atoms. The predicted octanol–water partition coefficient (Wildman–Crippen LogP) is 3.39. The maximum absolute atomic E-state index is 11.2. The van der Waals surface area contributed by atoms with Crippen LogP contribution in [0.3, 0.4) is 0 Å². The molecule has 1 aromatic heterocycles. The number of nitrogens with zero attached hydrogens (tertiary/aromatic N) is 1. The standard InChI is InChI=1S/C7H10N.C2BF8/c1-7-3-5-8(2)6-4-7;4-1(5,2(6,7)8)3(9,10)11/h3-6H,1-2H3;/q+1;-1. The van der Waals surface area contributed by atoms with Gasteiger partial charge < -0.3 is 12.9 Å². The topological polar surface area (TPSA) is 3.88 Å². The van der Waals surface area contributed by atoms with Crippen LogP contribution in [0.4, 0.5) is 34.9 Å². The Bertz CT molecular complexity index is 357. The summed E-state index contributed by atoms with van der Waals surface area (Å²) in [5.41, 5.74) is 1.31. The van der Waals surface area contributed by atoms with Crippen molar-refractivity contribution in [3.05, 3.63) is 30.1 Å². The van der Waals surface area contributed by atoms with Crippen molar-refractivity contribution < 1.29 is 39.5 Å². The second-order valence-electron chi connectivity index (χ2n) is 3.74. The van der Waals surface area contributed by atoms with Crippen LogP contribution in [0.1, 0.15) is 5.56 Å². The van der Waals surface area contributed by atoms with E-state index in [1.54, 1.807) is 0 Å². The molecule has 0 bridgehead atoms. The van der Waals surface area contributed by atoms with Gasteiger partial charge >= 0.3 is 19.0 Å². The number of rotatable bonds is 1. The van der Waals surface area contributed by atoms with Gasteiger partial charge in [0.1, 0.15) is 7.05 Å². The van der Waals surface area contributed by atoms with Gasteiger partial charge in [0.15, 0.2) is 12.4 Å². The van der Waals surface area contributed by atoms with Crippen molar-refractivity contribution >= 4 is 6.98 Å². The average molecular weight is 295 g/mol. The fraction of sp³-hybridized carbons (Fsp3) is 0.444. The van der Waals surface area contributed by atoms with Crippen molar-refractivity contribution in [1.29, 1.82) is 0 Å². The van der Waals surface area contributed by atoms with Crippen molar-refractivity contribution in [2.75, 3.05) is 0 Å². The molecule has 0 N–H and O–H groups in total. The highest BCUT2D eigenvalue weighted by atomic mass is 19.4. The van der Waals surface area contributed by atoms with E-state index in [1.807, 2.05) is 24.0 Å². The minimum atomic E-state index is -7.21. The Kier molecular flexibility index (Phi) is 5.34. The fourth-order valence-corrected chi connectivity index (χ4v) is 0.761. The summed E-state index contributed by atoms with van der Waals surface area (Å²) >= 11 is 0. The lowest BCUT2D eigenvalue weighted by atomic mass is 9.80. The second-order valence-corrected chi connectivity index (χ2v) is 3.74. The third-order valence-corrected chi connectivity index (χ3v) is 1.93. The first kappa shape index (κ1) is 17.7. The predicted molar refractivity (Wildman–Crippen MR) is 52.4 cm³/mol. The summed E-state index contributed by atoms with van der Waals surface area (Å²) in [5, 5.41) is 0. The molecule has 0 aliphatic rings. The number of hydrogen-bond acceptors (Lipinski definition) is 0. The van der Waals surface area contributed by atoms with Crippen LogP contribution >= 0.6 is 0 Å². The zero-order valence-electron chi connectivity index (χ0n) is 9.86. The molecule has 1 heterocycles. The maximum atomic E-state index is 11.2. The Morgan fingerprint density at radius 3 is 1.47 bits per heavy atom. The van der Waals surface area contributed by atoms with Gasteiger partial charge in [-0.1, -0.05) is 0 Å². The number of hydrogen-bond donors (Lipinski definition) is 0. The third-order valence-electron chi connectivity index (χ3n) is 1.93. The van der Waals surface area contributed by atoms with Crippen LogP contribution in [-0.2, 0) is 7.05 Å². The van der Waals surface area contributed by atoms with E-state index in [-0.39, 0.29) is 0 Å². The maximum Gasteiger partial charge on any atom is 0.558 e. The number of aromatic nitrogens is 1. The highest BCUT2D eigenvalue weighted by Crippen LogP contribution is 2.43. The molecule has 0 radical (unpaired) electrons. The molecule has 0 amide bonds. The molecule has 0 spiro atoms. The normalized spacial score (nSPS) is 12.7. The molecule has 0 aliphatic heterocycles. The smallest absolute Gasteiger partial charge is 0.445 e. The van der Waals surface area contributed by atoms with Crippen LogP contribution in [0, 0.1) is 6.92 Å². The van der Waals surface area contributed by atoms with Gasteiger partial charge in [-0.15, -0.1) is 0 Å². The highest BCUT2D eigenvalue weighted by molar-refractivity contribution is 6.61. The Morgan fingerprint density at radius 1 is 0.947 bits per heavy atom. The molecular formula is C9H10BF8N. The minimum Gasteiger partial charge on any atom is -0.445 e. The lowest BCUT2D eigenvalue weighted by Crippen LogP contribution is -2.53. The van der Waals surface area contributed by atoms with Gasteiger partial charge in [0, 0.05) is 12.1 Å². The van der Waals surface area contributed by atoms with Crippen LogP contribution in [-0.4, -0.2) is 19.0 Å². The molecule has 0 fully saturated rings. The molecule has 0 unspecified atom stereocenters. The summed E-state index contributed by atoms with van der Waals surface area (Å²) in [7, 11) is 2.01. The van der Waals surface area contributed by atoms with E-state index in [0.29, 0.717) is 0 Å². The van der Waals surface area contributed by atoms with Crippen LogP contribution in [0.2, 0.25) is 0 Å². The lowest BCUT2D eigenvalue weighted by Gasteiger charge is -2.28. The zero-order chi connectivity index (χ0) is 15.5. The summed E-state index contributed by atoms with van der Waals surface area (Å²) < 4.78 is 89.8. The molecule has 1 nitrogen and oxygen atoms in total. The SMILES string of the molecule is Cc1cc[n+](C)cc1.F[B-](F)(F)C(F)(F)C(F)(F)F. The van der Waals surface area contributed by atoms with E-state index in [2.05, 4.69) is 19.1 Å². The summed E-state index contributed by atoms with van der Waals surface area (Å²) in [5.74, 6) is -6.56. The first-order chi connectivity index (χ1) is 8.29. The summed E-state index contributed by atoms with van der Waals surface area (Å²) in [4.78, 5) is 0. The van der Waals surface area contributed by atoms with E-state index in [1.165, 1.54) is 5.56 Å². The van der Waals surface area contributed by atoms with E-state index in [9.17, 15) is 34.9 Å². The van der Waals surface area contributed by atoms with Gasteiger partial charge in [-0.25, -0.2) is 13.3 Å².